The summed E-state index contributed by atoms with van der Waals surface area (Å²) in [7, 11) is 0. The molecule has 1 amide bonds. The van der Waals surface area contributed by atoms with Gasteiger partial charge in [-0.1, -0.05) is 29.3 Å². The van der Waals surface area contributed by atoms with Gasteiger partial charge in [0.15, 0.2) is 0 Å². The van der Waals surface area contributed by atoms with E-state index in [0.717, 1.165) is 18.4 Å². The molecule has 1 aromatic heterocycles. The lowest BCUT2D eigenvalue weighted by molar-refractivity contribution is 0.0997. The molecule has 0 saturated heterocycles. The van der Waals surface area contributed by atoms with Crippen LogP contribution in [-0.4, -0.2) is 28.9 Å². The van der Waals surface area contributed by atoms with E-state index in [1.165, 1.54) is 12.1 Å². The number of ether oxygens (including phenoxy) is 1. The third-order valence-corrected chi connectivity index (χ3v) is 4.00. The zero-order valence-corrected chi connectivity index (χ0v) is 15.4. The van der Waals surface area contributed by atoms with Crippen molar-refractivity contribution in [2.45, 2.75) is 33.2 Å². The van der Waals surface area contributed by atoms with Crippen molar-refractivity contribution in [3.8, 4) is 0 Å². The second-order valence-corrected chi connectivity index (χ2v) is 6.36. The molecule has 0 aliphatic heterocycles. The lowest BCUT2D eigenvalue weighted by Crippen LogP contribution is -2.21. The van der Waals surface area contributed by atoms with Crippen molar-refractivity contribution in [3.05, 3.63) is 45.9 Å². The Balaban J connectivity index is 2.04. The molecule has 0 saturated carbocycles. The van der Waals surface area contributed by atoms with Crippen molar-refractivity contribution in [1.29, 1.82) is 0 Å². The molecule has 130 valence electrons. The predicted octanol–water partition coefficient (Wildman–Crippen LogP) is 4.16. The number of amides is 1. The van der Waals surface area contributed by atoms with E-state index in [2.05, 4.69) is 33.3 Å². The molecule has 0 aliphatic rings. The maximum absolute atomic E-state index is 13.9. The van der Waals surface area contributed by atoms with Crippen LogP contribution in [0.25, 0.3) is 0 Å². The number of carbonyl (C=O) groups is 1. The molecule has 0 radical (unpaired) electrons. The summed E-state index contributed by atoms with van der Waals surface area (Å²) >= 11 is 3.19. The number of rotatable bonds is 8. The van der Waals surface area contributed by atoms with Crippen molar-refractivity contribution in [3.63, 3.8) is 0 Å². The van der Waals surface area contributed by atoms with Crippen LogP contribution in [0.3, 0.4) is 0 Å². The van der Waals surface area contributed by atoms with Gasteiger partial charge in [-0.05, 0) is 37.1 Å². The van der Waals surface area contributed by atoms with Gasteiger partial charge < -0.3 is 10.1 Å². The van der Waals surface area contributed by atoms with E-state index >= 15 is 0 Å². The average Bonchev–Trinajstić information content (AvgIpc) is 2.91. The van der Waals surface area contributed by atoms with Gasteiger partial charge in [-0.25, -0.2) is 4.39 Å². The maximum Gasteiger partial charge on any atom is 0.274 e. The van der Waals surface area contributed by atoms with Crippen LogP contribution in [0.1, 0.15) is 35.8 Å². The Kier molecular flexibility index (Phi) is 6.93. The van der Waals surface area contributed by atoms with E-state index < -0.39 is 5.82 Å². The van der Waals surface area contributed by atoms with Gasteiger partial charge >= 0.3 is 0 Å². The Morgan fingerprint density at radius 3 is 2.92 bits per heavy atom. The fourth-order valence-electron chi connectivity index (χ4n) is 2.22. The average molecular weight is 398 g/mol. The molecule has 7 heteroatoms. The molecule has 24 heavy (non-hydrogen) atoms. The first kappa shape index (κ1) is 18.6. The van der Waals surface area contributed by atoms with Gasteiger partial charge in [0.2, 0.25) is 0 Å². The second-order valence-electron chi connectivity index (χ2n) is 5.44. The summed E-state index contributed by atoms with van der Waals surface area (Å²) in [6, 6.07) is 4.49. The molecule has 5 nitrogen and oxygen atoms in total. The minimum atomic E-state index is -0.496. The summed E-state index contributed by atoms with van der Waals surface area (Å²) in [6.07, 6.45) is 3.71. The second kappa shape index (κ2) is 8.94. The van der Waals surface area contributed by atoms with Gasteiger partial charge in [-0.2, -0.15) is 5.10 Å². The maximum atomic E-state index is 13.9. The zero-order chi connectivity index (χ0) is 17.5. The summed E-state index contributed by atoms with van der Waals surface area (Å²) in [6.45, 7) is 5.55. The summed E-state index contributed by atoms with van der Waals surface area (Å²) in [5.74, 6) is -0.885. The SMILES string of the molecule is CCCCOCCn1ncc(C)c1C(=O)Nc1ccc(Br)cc1F. The van der Waals surface area contributed by atoms with Gasteiger partial charge in [-0.15, -0.1) is 0 Å². The van der Waals surface area contributed by atoms with Crippen LogP contribution in [0, 0.1) is 12.7 Å². The van der Waals surface area contributed by atoms with E-state index in [-0.39, 0.29) is 11.6 Å². The van der Waals surface area contributed by atoms with Crippen LogP contribution in [0.4, 0.5) is 10.1 Å². The molecule has 0 unspecified atom stereocenters. The minimum Gasteiger partial charge on any atom is -0.380 e. The van der Waals surface area contributed by atoms with Crippen LogP contribution >= 0.6 is 15.9 Å². The van der Waals surface area contributed by atoms with Crippen LogP contribution in [0.5, 0.6) is 0 Å². The fraction of sp³-hybridized carbons (Fsp3) is 0.412. The fourth-order valence-corrected chi connectivity index (χ4v) is 2.55. The number of nitrogens with one attached hydrogen (secondary N) is 1. The van der Waals surface area contributed by atoms with Crippen LogP contribution in [0.2, 0.25) is 0 Å². The zero-order valence-electron chi connectivity index (χ0n) is 13.8. The molecular weight excluding hydrogens is 377 g/mol. The van der Waals surface area contributed by atoms with Crippen molar-refractivity contribution >= 4 is 27.5 Å². The monoisotopic (exact) mass is 397 g/mol. The lowest BCUT2D eigenvalue weighted by atomic mass is 10.2. The number of hydrogen-bond donors (Lipinski definition) is 1. The van der Waals surface area contributed by atoms with Crippen molar-refractivity contribution < 1.29 is 13.9 Å². The predicted molar refractivity (Wildman–Crippen MR) is 94.7 cm³/mol. The van der Waals surface area contributed by atoms with Gasteiger partial charge in [0.1, 0.15) is 11.5 Å². The number of carbonyl (C=O) groups excluding carboxylic acids is 1. The molecule has 2 rings (SSSR count). The third-order valence-electron chi connectivity index (χ3n) is 3.51. The van der Waals surface area contributed by atoms with Crippen LogP contribution < -0.4 is 5.32 Å². The number of aromatic nitrogens is 2. The number of benzene rings is 1. The highest BCUT2D eigenvalue weighted by molar-refractivity contribution is 9.10. The number of nitrogens with zero attached hydrogens (tertiary/aromatic N) is 2. The lowest BCUT2D eigenvalue weighted by Gasteiger charge is -2.10. The summed E-state index contributed by atoms with van der Waals surface area (Å²) in [5.41, 5.74) is 1.28. The van der Waals surface area contributed by atoms with Gasteiger partial charge in [0, 0.05) is 11.1 Å². The Morgan fingerprint density at radius 1 is 1.42 bits per heavy atom. The first-order valence-electron chi connectivity index (χ1n) is 7.89. The summed E-state index contributed by atoms with van der Waals surface area (Å²) in [4.78, 5) is 12.5. The molecule has 0 bridgehead atoms. The Morgan fingerprint density at radius 2 is 2.21 bits per heavy atom. The van der Waals surface area contributed by atoms with Gasteiger partial charge in [0.05, 0.1) is 25.0 Å². The molecule has 1 heterocycles. The molecule has 0 spiro atoms. The van der Waals surface area contributed by atoms with E-state index in [1.54, 1.807) is 23.9 Å². The van der Waals surface area contributed by atoms with Crippen molar-refractivity contribution in [1.82, 2.24) is 9.78 Å². The molecule has 0 atom stereocenters. The summed E-state index contributed by atoms with van der Waals surface area (Å²) < 4.78 is 21.6. The highest BCUT2D eigenvalue weighted by Crippen LogP contribution is 2.20. The topological polar surface area (TPSA) is 56.2 Å². The standard InChI is InChI=1S/C17H21BrFN3O2/c1-3-4-8-24-9-7-22-16(12(2)11-20-22)17(23)21-15-6-5-13(18)10-14(15)19/h5-6,10-11H,3-4,7-9H2,1-2H3,(H,21,23). The first-order valence-corrected chi connectivity index (χ1v) is 8.68. The van der Waals surface area contributed by atoms with Gasteiger partial charge in [-0.3, -0.25) is 9.48 Å². The Hall–Kier alpha value is -1.73. The molecule has 1 aromatic carbocycles. The Labute approximate surface area is 149 Å². The molecule has 0 aliphatic carbocycles. The number of halogens is 2. The van der Waals surface area contributed by atoms with Crippen LogP contribution in [-0.2, 0) is 11.3 Å². The van der Waals surface area contributed by atoms with Crippen LogP contribution in [0.15, 0.2) is 28.9 Å². The molecule has 0 fully saturated rings. The number of unbranched alkanes of at least 4 members (excludes halogenated alkanes) is 1. The highest BCUT2D eigenvalue weighted by atomic mass is 79.9. The first-order chi connectivity index (χ1) is 11.5. The Bertz CT molecular complexity index is 703. The minimum absolute atomic E-state index is 0.134. The van der Waals surface area contributed by atoms with E-state index in [1.807, 2.05) is 0 Å². The quantitative estimate of drug-likeness (QED) is 0.680. The largest absolute Gasteiger partial charge is 0.380 e. The van der Waals surface area contributed by atoms with E-state index in [0.29, 0.717) is 29.9 Å². The summed E-state index contributed by atoms with van der Waals surface area (Å²) in [5, 5.41) is 6.80. The molecule has 1 N–H and O–H groups in total. The van der Waals surface area contributed by atoms with Crippen molar-refractivity contribution in [2.24, 2.45) is 0 Å². The molecular formula is C17H21BrFN3O2. The number of hydrogen-bond acceptors (Lipinski definition) is 3. The van der Waals surface area contributed by atoms with E-state index in [9.17, 15) is 9.18 Å². The number of aryl methyl sites for hydroxylation is 1. The number of anilines is 1. The van der Waals surface area contributed by atoms with E-state index in [4.69, 9.17) is 4.74 Å². The molecule has 2 aromatic rings. The smallest absolute Gasteiger partial charge is 0.274 e. The third kappa shape index (κ3) is 4.88. The highest BCUT2D eigenvalue weighted by Gasteiger charge is 2.17. The van der Waals surface area contributed by atoms with Crippen molar-refractivity contribution in [2.75, 3.05) is 18.5 Å². The van der Waals surface area contributed by atoms with Gasteiger partial charge in [0.25, 0.3) is 5.91 Å². The normalized spacial score (nSPS) is 10.8.